The zero-order chi connectivity index (χ0) is 9.26. The van der Waals surface area contributed by atoms with E-state index in [-0.39, 0.29) is 5.91 Å². The van der Waals surface area contributed by atoms with Crippen molar-refractivity contribution in [1.29, 1.82) is 0 Å². The molecule has 0 aliphatic carbocycles. The summed E-state index contributed by atoms with van der Waals surface area (Å²) in [6.45, 7) is 0. The smallest absolute Gasteiger partial charge is 0.225 e. The lowest BCUT2D eigenvalue weighted by molar-refractivity contribution is -0.116. The molecular weight excluding hydrogens is 168 g/mol. The van der Waals surface area contributed by atoms with Crippen LogP contribution in [0.5, 0.6) is 0 Å². The number of nitrogens with one attached hydrogen (secondary N) is 1. The number of hydrogen-bond donors (Lipinski definition) is 2. The van der Waals surface area contributed by atoms with Crippen molar-refractivity contribution < 1.29 is 4.79 Å². The zero-order valence-corrected chi connectivity index (χ0v) is 7.08. The van der Waals surface area contributed by atoms with E-state index in [2.05, 4.69) is 15.3 Å². The molecule has 68 valence electrons. The average molecular weight is 178 g/mol. The van der Waals surface area contributed by atoms with E-state index in [9.17, 15) is 4.79 Å². The highest BCUT2D eigenvalue weighted by atomic mass is 16.1. The highest BCUT2D eigenvalue weighted by Crippen LogP contribution is 2.22. The van der Waals surface area contributed by atoms with Gasteiger partial charge in [0.15, 0.2) is 0 Å². The van der Waals surface area contributed by atoms with Gasteiger partial charge in [0.05, 0.1) is 0 Å². The van der Waals surface area contributed by atoms with Crippen LogP contribution in [0.3, 0.4) is 0 Å². The number of hydrogen-bond acceptors (Lipinski definition) is 4. The number of amides is 1. The third-order valence-corrected chi connectivity index (χ3v) is 2.07. The molecule has 5 nitrogen and oxygen atoms in total. The monoisotopic (exact) mass is 178 g/mol. The second kappa shape index (κ2) is 3.01. The van der Waals surface area contributed by atoms with E-state index in [0.29, 0.717) is 18.1 Å². The Bertz CT molecular complexity index is 350. The van der Waals surface area contributed by atoms with E-state index < -0.39 is 0 Å². The summed E-state index contributed by atoms with van der Waals surface area (Å²) in [6.07, 6.45) is 3.45. The van der Waals surface area contributed by atoms with Crippen LogP contribution >= 0.6 is 0 Å². The fourth-order valence-corrected chi connectivity index (χ4v) is 1.40. The SMILES string of the molecule is Nc1ncnc2c1CCCC(=O)N2. The van der Waals surface area contributed by atoms with E-state index in [4.69, 9.17) is 5.73 Å². The lowest BCUT2D eigenvalue weighted by Gasteiger charge is -2.05. The molecule has 0 fully saturated rings. The van der Waals surface area contributed by atoms with Gasteiger partial charge >= 0.3 is 0 Å². The Labute approximate surface area is 75.4 Å². The van der Waals surface area contributed by atoms with Crippen LogP contribution in [0.15, 0.2) is 6.33 Å². The third kappa shape index (κ3) is 1.44. The third-order valence-electron chi connectivity index (χ3n) is 2.07. The number of fused-ring (bicyclic) bond motifs is 1. The van der Waals surface area contributed by atoms with Gasteiger partial charge < -0.3 is 11.1 Å². The van der Waals surface area contributed by atoms with Gasteiger partial charge in [-0.15, -0.1) is 0 Å². The number of nitrogen functional groups attached to an aromatic ring is 1. The molecule has 1 aliphatic rings. The Balaban J connectivity index is 2.45. The summed E-state index contributed by atoms with van der Waals surface area (Å²) in [6, 6.07) is 0. The van der Waals surface area contributed by atoms with Crippen molar-refractivity contribution in [2.45, 2.75) is 19.3 Å². The van der Waals surface area contributed by atoms with Gasteiger partial charge in [-0.2, -0.15) is 0 Å². The maximum absolute atomic E-state index is 11.1. The van der Waals surface area contributed by atoms with Crippen molar-refractivity contribution >= 4 is 17.5 Å². The predicted molar refractivity (Wildman–Crippen MR) is 48.0 cm³/mol. The van der Waals surface area contributed by atoms with Crippen molar-refractivity contribution in [2.24, 2.45) is 0 Å². The number of nitrogens with two attached hydrogens (primary N) is 1. The standard InChI is InChI=1S/C8H10N4O/c9-7-5-2-1-3-6(13)12-8(5)11-4-10-7/h4H,1-3H2,(H3,9,10,11,12,13). The summed E-state index contributed by atoms with van der Waals surface area (Å²) in [5, 5.41) is 2.69. The molecule has 1 aromatic rings. The van der Waals surface area contributed by atoms with Crippen molar-refractivity contribution in [1.82, 2.24) is 9.97 Å². The van der Waals surface area contributed by atoms with Crippen LogP contribution in [0.2, 0.25) is 0 Å². The Morgan fingerprint density at radius 1 is 1.38 bits per heavy atom. The molecule has 2 heterocycles. The Hall–Kier alpha value is -1.65. The van der Waals surface area contributed by atoms with E-state index in [0.717, 1.165) is 18.4 Å². The van der Waals surface area contributed by atoms with Crippen molar-refractivity contribution in [3.05, 3.63) is 11.9 Å². The van der Waals surface area contributed by atoms with Crippen LogP contribution in [0.1, 0.15) is 18.4 Å². The van der Waals surface area contributed by atoms with Gasteiger partial charge in [-0.1, -0.05) is 0 Å². The van der Waals surface area contributed by atoms with Gasteiger partial charge in [-0.05, 0) is 12.8 Å². The molecule has 0 unspecified atom stereocenters. The van der Waals surface area contributed by atoms with Crippen LogP contribution in [-0.4, -0.2) is 15.9 Å². The van der Waals surface area contributed by atoms with Crippen LogP contribution in [0.25, 0.3) is 0 Å². The lowest BCUT2D eigenvalue weighted by atomic mass is 10.1. The van der Waals surface area contributed by atoms with Crippen molar-refractivity contribution in [2.75, 3.05) is 11.1 Å². The van der Waals surface area contributed by atoms with Crippen LogP contribution < -0.4 is 11.1 Å². The van der Waals surface area contributed by atoms with E-state index in [1.807, 2.05) is 0 Å². The summed E-state index contributed by atoms with van der Waals surface area (Å²) in [5.74, 6) is 1.03. The minimum atomic E-state index is -0.00292. The van der Waals surface area contributed by atoms with Crippen LogP contribution in [0.4, 0.5) is 11.6 Å². The first-order valence-corrected chi connectivity index (χ1v) is 4.16. The minimum Gasteiger partial charge on any atom is -0.383 e. The zero-order valence-electron chi connectivity index (χ0n) is 7.08. The molecular formula is C8H10N4O. The molecule has 0 radical (unpaired) electrons. The number of anilines is 2. The normalized spacial score (nSPS) is 15.8. The van der Waals surface area contributed by atoms with Crippen molar-refractivity contribution in [3.63, 3.8) is 0 Å². The number of carbonyl (C=O) groups excluding carboxylic acids is 1. The summed E-state index contributed by atoms with van der Waals surface area (Å²) in [7, 11) is 0. The minimum absolute atomic E-state index is 0.00292. The maximum Gasteiger partial charge on any atom is 0.225 e. The first-order chi connectivity index (χ1) is 6.27. The maximum atomic E-state index is 11.1. The summed E-state index contributed by atoms with van der Waals surface area (Å²) >= 11 is 0. The first kappa shape index (κ1) is 7.97. The Kier molecular flexibility index (Phi) is 1.84. The Morgan fingerprint density at radius 2 is 2.23 bits per heavy atom. The van der Waals surface area contributed by atoms with Crippen molar-refractivity contribution in [3.8, 4) is 0 Å². The number of rotatable bonds is 0. The fraction of sp³-hybridized carbons (Fsp3) is 0.375. The predicted octanol–water partition coefficient (Wildman–Crippen LogP) is 0.334. The molecule has 0 spiro atoms. The molecule has 0 aromatic carbocycles. The van der Waals surface area contributed by atoms with Gasteiger partial charge in [0, 0.05) is 12.0 Å². The number of carbonyl (C=O) groups is 1. The van der Waals surface area contributed by atoms with Crippen LogP contribution in [0, 0.1) is 0 Å². The molecule has 3 N–H and O–H groups in total. The molecule has 5 heteroatoms. The molecule has 0 atom stereocenters. The molecule has 13 heavy (non-hydrogen) atoms. The van der Waals surface area contributed by atoms with E-state index in [1.165, 1.54) is 6.33 Å². The first-order valence-electron chi connectivity index (χ1n) is 4.16. The van der Waals surface area contributed by atoms with E-state index >= 15 is 0 Å². The molecule has 0 bridgehead atoms. The summed E-state index contributed by atoms with van der Waals surface area (Å²) in [4.78, 5) is 19.0. The molecule has 0 saturated heterocycles. The fourth-order valence-electron chi connectivity index (χ4n) is 1.40. The second-order valence-electron chi connectivity index (χ2n) is 2.99. The van der Waals surface area contributed by atoms with Gasteiger partial charge in [0.1, 0.15) is 18.0 Å². The molecule has 1 aromatic heterocycles. The molecule has 0 saturated carbocycles. The highest BCUT2D eigenvalue weighted by molar-refractivity contribution is 5.91. The lowest BCUT2D eigenvalue weighted by Crippen LogP contribution is -2.11. The Morgan fingerprint density at radius 3 is 3.08 bits per heavy atom. The topological polar surface area (TPSA) is 80.9 Å². The average Bonchev–Trinajstić information content (AvgIpc) is 2.27. The second-order valence-corrected chi connectivity index (χ2v) is 2.99. The summed E-state index contributed by atoms with van der Waals surface area (Å²) in [5.41, 5.74) is 6.51. The molecule has 1 aliphatic heterocycles. The van der Waals surface area contributed by atoms with Gasteiger partial charge in [0.25, 0.3) is 0 Å². The van der Waals surface area contributed by atoms with Gasteiger partial charge in [-0.25, -0.2) is 9.97 Å². The summed E-state index contributed by atoms with van der Waals surface area (Å²) < 4.78 is 0. The molecule has 1 amide bonds. The van der Waals surface area contributed by atoms with Crippen LogP contribution in [-0.2, 0) is 11.2 Å². The van der Waals surface area contributed by atoms with Gasteiger partial charge in [-0.3, -0.25) is 4.79 Å². The highest BCUT2D eigenvalue weighted by Gasteiger charge is 2.15. The van der Waals surface area contributed by atoms with Gasteiger partial charge in [0.2, 0.25) is 5.91 Å². The molecule has 2 rings (SSSR count). The number of nitrogens with zero attached hydrogens (tertiary/aromatic N) is 2. The largest absolute Gasteiger partial charge is 0.383 e. The van der Waals surface area contributed by atoms with E-state index in [1.54, 1.807) is 0 Å². The number of aromatic nitrogens is 2. The quantitative estimate of drug-likeness (QED) is 0.600.